The first-order valence-corrected chi connectivity index (χ1v) is 15.2. The Morgan fingerprint density at radius 3 is 2.67 bits per heavy atom. The Hall–Kier alpha value is -5.30. The summed E-state index contributed by atoms with van der Waals surface area (Å²) in [5.74, 6) is -6.41. The molecule has 0 bridgehead atoms. The zero-order valence-corrected chi connectivity index (χ0v) is 26.3. The Labute approximate surface area is 272 Å². The number of carboxylic acids is 1. The van der Waals surface area contributed by atoms with Crippen molar-refractivity contribution in [3.63, 3.8) is 0 Å². The quantitative estimate of drug-likeness (QED) is 0.242. The minimum Gasteiger partial charge on any atom is -0.480 e. The van der Waals surface area contributed by atoms with Crippen LogP contribution in [0, 0.1) is 12.7 Å². The van der Waals surface area contributed by atoms with Crippen LogP contribution >= 0.6 is 0 Å². The molecule has 10 nitrogen and oxygen atoms in total. The molecule has 248 valence electrons. The van der Waals surface area contributed by atoms with Gasteiger partial charge in [-0.05, 0) is 48.4 Å². The number of hydrogen-bond donors (Lipinski definition) is 2. The molecule has 0 spiro atoms. The van der Waals surface area contributed by atoms with E-state index in [0.29, 0.717) is 33.1 Å². The second-order valence-corrected chi connectivity index (χ2v) is 12.0. The summed E-state index contributed by atoms with van der Waals surface area (Å²) in [5, 5.41) is 13.8. The summed E-state index contributed by atoms with van der Waals surface area (Å²) in [6, 6.07) is 9.93. The smallest absolute Gasteiger partial charge is 0.326 e. The number of amides is 1. The molecule has 0 unspecified atom stereocenters. The molecule has 2 aromatic carbocycles. The molecule has 48 heavy (non-hydrogen) atoms. The van der Waals surface area contributed by atoms with Gasteiger partial charge in [0.15, 0.2) is 0 Å². The normalized spacial score (nSPS) is 15.9. The van der Waals surface area contributed by atoms with E-state index in [2.05, 4.69) is 15.3 Å². The number of hydrogen-bond acceptors (Lipinski definition) is 7. The zero-order chi connectivity index (χ0) is 34.3. The Kier molecular flexibility index (Phi) is 8.65. The lowest BCUT2D eigenvalue weighted by Crippen LogP contribution is -2.54. The van der Waals surface area contributed by atoms with Gasteiger partial charge in [0.05, 0.1) is 35.4 Å². The molecule has 0 aliphatic carbocycles. The molecule has 6 rings (SSSR count). The van der Waals surface area contributed by atoms with Crippen molar-refractivity contribution in [2.45, 2.75) is 38.3 Å². The van der Waals surface area contributed by atoms with Crippen molar-refractivity contribution in [1.82, 2.24) is 19.9 Å². The summed E-state index contributed by atoms with van der Waals surface area (Å²) >= 11 is 0. The molecule has 13 heteroatoms. The van der Waals surface area contributed by atoms with Crippen LogP contribution in [0.4, 0.5) is 18.9 Å². The van der Waals surface area contributed by atoms with Gasteiger partial charge in [0, 0.05) is 67.6 Å². The number of alkyl halides is 2. The van der Waals surface area contributed by atoms with E-state index in [4.69, 9.17) is 4.74 Å². The van der Waals surface area contributed by atoms with Crippen molar-refractivity contribution in [2.24, 2.45) is 7.05 Å². The molecular formula is C35H32F3N5O5. The number of aryl methyl sites for hydroxylation is 2. The first-order chi connectivity index (χ1) is 22.8. The molecular weight excluding hydrogens is 627 g/mol. The maximum absolute atomic E-state index is 15.5. The fourth-order valence-electron chi connectivity index (χ4n) is 6.31. The third kappa shape index (κ3) is 6.08. The maximum atomic E-state index is 15.5. The highest BCUT2D eigenvalue weighted by Crippen LogP contribution is 2.33. The van der Waals surface area contributed by atoms with Gasteiger partial charge in [0.25, 0.3) is 17.4 Å². The van der Waals surface area contributed by atoms with E-state index in [-0.39, 0.29) is 48.6 Å². The maximum Gasteiger partial charge on any atom is 0.326 e. The third-order valence-electron chi connectivity index (χ3n) is 8.75. The predicted octanol–water partition coefficient (Wildman–Crippen LogP) is 4.88. The summed E-state index contributed by atoms with van der Waals surface area (Å²) in [6.07, 6.45) is 4.65. The van der Waals surface area contributed by atoms with E-state index in [9.17, 15) is 28.3 Å². The molecule has 0 radical (unpaired) electrons. The Morgan fingerprint density at radius 2 is 1.94 bits per heavy atom. The van der Waals surface area contributed by atoms with Crippen molar-refractivity contribution in [3.8, 4) is 11.1 Å². The topological polar surface area (TPSA) is 127 Å². The fraction of sp³-hybridized carbons (Fsp3) is 0.286. The monoisotopic (exact) mass is 659 g/mol. The van der Waals surface area contributed by atoms with E-state index in [1.54, 1.807) is 62.0 Å². The lowest BCUT2D eigenvalue weighted by Gasteiger charge is -2.40. The highest BCUT2D eigenvalue weighted by molar-refractivity contribution is 6.00. The number of rotatable bonds is 8. The number of carboxylic acid groups (broad SMARTS) is 1. The molecule has 0 saturated carbocycles. The fourth-order valence-corrected chi connectivity index (χ4v) is 6.31. The van der Waals surface area contributed by atoms with Gasteiger partial charge in [-0.15, -0.1) is 0 Å². The van der Waals surface area contributed by atoms with E-state index in [1.165, 1.54) is 22.5 Å². The average molecular weight is 660 g/mol. The van der Waals surface area contributed by atoms with Crippen LogP contribution in [0.1, 0.15) is 28.4 Å². The number of benzene rings is 2. The van der Waals surface area contributed by atoms with E-state index >= 15 is 4.39 Å². The summed E-state index contributed by atoms with van der Waals surface area (Å²) in [4.78, 5) is 49.2. The van der Waals surface area contributed by atoms with Gasteiger partial charge < -0.3 is 24.6 Å². The van der Waals surface area contributed by atoms with Gasteiger partial charge in [-0.25, -0.2) is 18.0 Å². The van der Waals surface area contributed by atoms with Gasteiger partial charge in [-0.1, -0.05) is 18.2 Å². The van der Waals surface area contributed by atoms with Crippen LogP contribution in [0.15, 0.2) is 71.9 Å². The first kappa shape index (κ1) is 32.6. The number of ether oxygens (including phenoxy) is 1. The highest BCUT2D eigenvalue weighted by atomic mass is 19.3. The van der Waals surface area contributed by atoms with Crippen LogP contribution in [-0.4, -0.2) is 69.3 Å². The van der Waals surface area contributed by atoms with Crippen molar-refractivity contribution >= 4 is 39.4 Å². The largest absolute Gasteiger partial charge is 0.480 e. The van der Waals surface area contributed by atoms with Gasteiger partial charge >= 0.3 is 5.97 Å². The summed E-state index contributed by atoms with van der Waals surface area (Å²) < 4.78 is 50.8. The van der Waals surface area contributed by atoms with Crippen LogP contribution < -0.4 is 15.8 Å². The number of morpholine rings is 1. The summed E-state index contributed by atoms with van der Waals surface area (Å²) in [6.45, 7) is 2.27. The number of aromatic nitrogens is 3. The summed E-state index contributed by atoms with van der Waals surface area (Å²) in [7, 11) is 1.67. The van der Waals surface area contributed by atoms with Crippen molar-refractivity contribution < 1.29 is 32.6 Å². The van der Waals surface area contributed by atoms with Crippen molar-refractivity contribution in [2.75, 3.05) is 24.7 Å². The van der Waals surface area contributed by atoms with Crippen molar-refractivity contribution in [1.29, 1.82) is 0 Å². The zero-order valence-electron chi connectivity index (χ0n) is 26.3. The molecule has 5 aromatic rings. The van der Waals surface area contributed by atoms with Gasteiger partial charge in [0.2, 0.25) is 0 Å². The molecule has 4 heterocycles. The van der Waals surface area contributed by atoms with Gasteiger partial charge in [-0.3, -0.25) is 19.6 Å². The third-order valence-corrected chi connectivity index (χ3v) is 8.75. The minimum absolute atomic E-state index is 0.105. The average Bonchev–Trinajstić information content (AvgIpc) is 3.05. The van der Waals surface area contributed by atoms with E-state index in [1.807, 2.05) is 0 Å². The second kappa shape index (κ2) is 12.7. The van der Waals surface area contributed by atoms with E-state index < -0.39 is 35.7 Å². The standard InChI is InChI=1S/C35H32F3N5O5/c1-19-13-22(43-11-12-48-18-29(43)35(2,37)38)16-26(36)30(19)32(44)41-27(34(46)47)15-20-6-7-24(31-23(20)5-4-9-40-31)25-14-21-17-39-10-8-28(21)42(3)33(25)45/h4-10,13-14,16-17,27,29H,11-12,15,18H2,1-3H3,(H,41,44)(H,46,47)/t27-,29-/m0/s1. The Morgan fingerprint density at radius 1 is 1.15 bits per heavy atom. The van der Waals surface area contributed by atoms with Crippen LogP contribution in [0.3, 0.4) is 0 Å². The van der Waals surface area contributed by atoms with Crippen molar-refractivity contribution in [3.05, 3.63) is 100.0 Å². The second-order valence-electron chi connectivity index (χ2n) is 12.0. The number of nitrogens with zero attached hydrogens (tertiary/aromatic N) is 4. The van der Waals surface area contributed by atoms with Gasteiger partial charge in [-0.2, -0.15) is 0 Å². The number of fused-ring (bicyclic) bond motifs is 2. The minimum atomic E-state index is -3.13. The van der Waals surface area contributed by atoms with Crippen LogP contribution in [0.2, 0.25) is 0 Å². The number of halogens is 3. The number of nitrogens with one attached hydrogen (secondary N) is 1. The number of carbonyl (C=O) groups is 2. The number of aliphatic carboxylic acids is 1. The molecule has 1 aliphatic heterocycles. The number of carbonyl (C=O) groups excluding carboxylic acids is 1. The molecule has 1 amide bonds. The molecule has 2 N–H and O–H groups in total. The number of anilines is 1. The Balaban J connectivity index is 1.30. The molecule has 1 fully saturated rings. The predicted molar refractivity (Wildman–Crippen MR) is 174 cm³/mol. The highest BCUT2D eigenvalue weighted by Gasteiger charge is 2.41. The lowest BCUT2D eigenvalue weighted by molar-refractivity contribution is -0.139. The number of pyridine rings is 3. The van der Waals surface area contributed by atoms with Crippen LogP contribution in [-0.2, 0) is 23.0 Å². The Bertz CT molecular complexity index is 2110. The lowest BCUT2D eigenvalue weighted by atomic mass is 9.95. The first-order valence-electron chi connectivity index (χ1n) is 15.2. The molecule has 3 aromatic heterocycles. The van der Waals surface area contributed by atoms with Gasteiger partial charge in [0.1, 0.15) is 17.9 Å². The molecule has 1 saturated heterocycles. The molecule has 1 aliphatic rings. The van der Waals surface area contributed by atoms with Crippen LogP contribution in [0.25, 0.3) is 32.9 Å². The van der Waals surface area contributed by atoms with E-state index in [0.717, 1.165) is 18.4 Å². The van der Waals surface area contributed by atoms with Crippen LogP contribution in [0.5, 0.6) is 0 Å². The summed E-state index contributed by atoms with van der Waals surface area (Å²) in [5.41, 5.74) is 2.31. The molecule has 2 atom stereocenters. The SMILES string of the molecule is Cc1cc(N2CCOC[C@H]2C(C)(F)F)cc(F)c1C(=O)N[C@@H](Cc1ccc(-c2cc3cnccc3n(C)c2=O)c2ncccc12)C(=O)O.